The number of rotatable bonds is 4. The summed E-state index contributed by atoms with van der Waals surface area (Å²) in [5.74, 6) is 0.615. The number of thiazole rings is 1. The summed E-state index contributed by atoms with van der Waals surface area (Å²) in [5, 5.41) is 10.4. The molecule has 0 radical (unpaired) electrons. The van der Waals surface area contributed by atoms with Crippen molar-refractivity contribution in [3.8, 4) is 22.4 Å². The molecule has 2 aliphatic rings. The molecule has 1 heterocycles. The average molecular weight is 390 g/mol. The van der Waals surface area contributed by atoms with Gasteiger partial charge >= 0.3 is 0 Å². The molecular formula is C23H23N3OS. The summed E-state index contributed by atoms with van der Waals surface area (Å²) >= 11 is 1.65. The Morgan fingerprint density at radius 1 is 1.36 bits per heavy atom. The summed E-state index contributed by atoms with van der Waals surface area (Å²) in [6.07, 6.45) is 11.5. The van der Waals surface area contributed by atoms with Crippen molar-refractivity contribution in [2.24, 2.45) is 5.73 Å². The highest BCUT2D eigenvalue weighted by Crippen LogP contribution is 2.41. The molecule has 5 heteroatoms. The van der Waals surface area contributed by atoms with Crippen molar-refractivity contribution in [3.05, 3.63) is 64.2 Å². The molecule has 4 rings (SSSR count). The van der Waals surface area contributed by atoms with Crippen molar-refractivity contribution in [1.29, 1.82) is 5.26 Å². The van der Waals surface area contributed by atoms with E-state index < -0.39 is 0 Å². The van der Waals surface area contributed by atoms with Crippen molar-refractivity contribution in [2.75, 3.05) is 0 Å². The molecule has 0 bridgehead atoms. The molecular weight excluding hydrogens is 366 g/mol. The number of nitrogens with zero attached hydrogens (tertiary/aromatic N) is 2. The van der Waals surface area contributed by atoms with E-state index in [2.05, 4.69) is 29.3 Å². The van der Waals surface area contributed by atoms with E-state index in [-0.39, 0.29) is 12.1 Å². The monoisotopic (exact) mass is 389 g/mol. The number of nitrogens with two attached hydrogens (primary N) is 1. The van der Waals surface area contributed by atoms with Gasteiger partial charge in [0.15, 0.2) is 0 Å². The molecule has 2 aromatic rings. The van der Waals surface area contributed by atoms with E-state index >= 15 is 0 Å². The van der Waals surface area contributed by atoms with Crippen LogP contribution in [0, 0.1) is 11.3 Å². The molecule has 4 nitrogen and oxygen atoms in total. The molecule has 1 fully saturated rings. The van der Waals surface area contributed by atoms with Crippen LogP contribution in [0.15, 0.2) is 53.8 Å². The van der Waals surface area contributed by atoms with Gasteiger partial charge in [0.25, 0.3) is 0 Å². The molecule has 0 spiro atoms. The normalized spacial score (nSPS) is 18.7. The van der Waals surface area contributed by atoms with Gasteiger partial charge in [0.1, 0.15) is 16.8 Å². The van der Waals surface area contributed by atoms with Crippen molar-refractivity contribution < 1.29 is 4.74 Å². The third-order valence-electron chi connectivity index (χ3n) is 5.02. The Hall–Kier alpha value is -2.68. The molecule has 28 heavy (non-hydrogen) atoms. The van der Waals surface area contributed by atoms with Gasteiger partial charge in [-0.2, -0.15) is 5.26 Å². The minimum atomic E-state index is 0.0277. The van der Waals surface area contributed by atoms with Crippen LogP contribution in [0.1, 0.15) is 43.6 Å². The fraction of sp³-hybridized carbons (Fsp3) is 0.304. The van der Waals surface area contributed by atoms with Crippen molar-refractivity contribution in [2.45, 2.75) is 45.3 Å². The Morgan fingerprint density at radius 2 is 2.21 bits per heavy atom. The van der Waals surface area contributed by atoms with Crippen LogP contribution >= 0.6 is 11.3 Å². The third-order valence-corrected chi connectivity index (χ3v) is 6.10. The molecule has 0 amide bonds. The first kappa shape index (κ1) is 18.7. The minimum Gasteiger partial charge on any atom is -0.490 e. The quantitative estimate of drug-likeness (QED) is 0.777. The van der Waals surface area contributed by atoms with E-state index in [4.69, 9.17) is 10.5 Å². The molecule has 1 saturated carbocycles. The van der Waals surface area contributed by atoms with E-state index in [1.165, 1.54) is 16.7 Å². The number of aromatic nitrogens is 1. The zero-order valence-electron chi connectivity index (χ0n) is 16.1. The highest BCUT2D eigenvalue weighted by molar-refractivity contribution is 7.16. The number of allylic oxidation sites excluding steroid dienone is 4. The van der Waals surface area contributed by atoms with E-state index in [9.17, 15) is 5.26 Å². The van der Waals surface area contributed by atoms with Crippen LogP contribution in [-0.4, -0.2) is 17.1 Å². The highest BCUT2D eigenvalue weighted by atomic mass is 32.1. The Morgan fingerprint density at radius 3 is 3.00 bits per heavy atom. The van der Waals surface area contributed by atoms with E-state index in [1.54, 1.807) is 11.3 Å². The summed E-state index contributed by atoms with van der Waals surface area (Å²) in [6, 6.07) is 8.07. The zero-order chi connectivity index (χ0) is 19.7. The van der Waals surface area contributed by atoms with Gasteiger partial charge in [-0.05, 0) is 68.0 Å². The predicted octanol–water partition coefficient (Wildman–Crippen LogP) is 5.23. The molecule has 142 valence electrons. The van der Waals surface area contributed by atoms with Crippen LogP contribution in [0.4, 0.5) is 0 Å². The van der Waals surface area contributed by atoms with Crippen LogP contribution in [0.3, 0.4) is 0 Å². The van der Waals surface area contributed by atoms with Crippen LogP contribution in [-0.2, 0) is 0 Å². The third kappa shape index (κ3) is 3.54. The first-order valence-corrected chi connectivity index (χ1v) is 10.4. The lowest BCUT2D eigenvalue weighted by Gasteiger charge is -2.11. The SMILES string of the molecule is CC(C)Oc1ccc(-c2ncc(C3=C4CCC(N)C4=CCC=C3)s2)cc1C#N. The molecule has 1 atom stereocenters. The number of benzene rings is 1. The van der Waals surface area contributed by atoms with Gasteiger partial charge in [0.2, 0.25) is 0 Å². The Labute approximate surface area is 169 Å². The lowest BCUT2D eigenvalue weighted by molar-refractivity contribution is 0.242. The number of fused-ring (bicyclic) bond motifs is 1. The maximum Gasteiger partial charge on any atom is 0.137 e. The molecule has 2 aliphatic carbocycles. The van der Waals surface area contributed by atoms with Gasteiger partial charge in [-0.3, -0.25) is 0 Å². The summed E-state index contributed by atoms with van der Waals surface area (Å²) in [5.41, 5.74) is 11.6. The van der Waals surface area contributed by atoms with Gasteiger partial charge in [-0.1, -0.05) is 18.2 Å². The molecule has 1 aromatic heterocycles. The average Bonchev–Trinajstić information content (AvgIpc) is 3.24. The van der Waals surface area contributed by atoms with Crippen LogP contribution in [0.2, 0.25) is 0 Å². The number of nitriles is 1. The standard InChI is InChI=1S/C23H23N3OS/c1-14(2)27-21-10-7-15(11-16(21)12-24)23-26-13-22(28-23)19-6-4-3-5-18-17(19)8-9-20(18)25/h4-7,10-11,13-14,20H,3,8-9,25H2,1-2H3. The lowest BCUT2D eigenvalue weighted by Crippen LogP contribution is -2.17. The van der Waals surface area contributed by atoms with E-state index in [1.807, 2.05) is 38.2 Å². The summed E-state index contributed by atoms with van der Waals surface area (Å²) < 4.78 is 5.72. The summed E-state index contributed by atoms with van der Waals surface area (Å²) in [4.78, 5) is 5.78. The van der Waals surface area contributed by atoms with Crippen LogP contribution in [0.25, 0.3) is 16.1 Å². The topological polar surface area (TPSA) is 71.9 Å². The van der Waals surface area contributed by atoms with Gasteiger partial charge in [0.05, 0.1) is 16.5 Å². The Balaban J connectivity index is 1.70. The zero-order valence-corrected chi connectivity index (χ0v) is 16.9. The second kappa shape index (κ2) is 7.75. The first-order chi connectivity index (χ1) is 13.6. The fourth-order valence-electron chi connectivity index (χ4n) is 3.74. The number of ether oxygens (including phenoxy) is 1. The maximum atomic E-state index is 9.49. The van der Waals surface area contributed by atoms with E-state index in [0.29, 0.717) is 11.3 Å². The molecule has 0 saturated heterocycles. The van der Waals surface area contributed by atoms with Crippen LogP contribution in [0.5, 0.6) is 5.75 Å². The second-order valence-electron chi connectivity index (χ2n) is 7.35. The van der Waals surface area contributed by atoms with Gasteiger partial charge in [0, 0.05) is 17.8 Å². The Bertz CT molecular complexity index is 1040. The molecule has 1 unspecified atom stereocenters. The van der Waals surface area contributed by atoms with Crippen molar-refractivity contribution in [3.63, 3.8) is 0 Å². The van der Waals surface area contributed by atoms with E-state index in [0.717, 1.165) is 34.7 Å². The highest BCUT2D eigenvalue weighted by Gasteiger charge is 2.26. The Kier molecular flexibility index (Phi) is 5.17. The van der Waals surface area contributed by atoms with Gasteiger partial charge in [-0.15, -0.1) is 11.3 Å². The molecule has 0 aliphatic heterocycles. The lowest BCUT2D eigenvalue weighted by atomic mass is 10.0. The van der Waals surface area contributed by atoms with Crippen LogP contribution < -0.4 is 10.5 Å². The number of hydrogen-bond acceptors (Lipinski definition) is 5. The largest absolute Gasteiger partial charge is 0.490 e. The summed E-state index contributed by atoms with van der Waals surface area (Å²) in [7, 11) is 0. The second-order valence-corrected chi connectivity index (χ2v) is 8.38. The van der Waals surface area contributed by atoms with Crippen molar-refractivity contribution in [1.82, 2.24) is 4.98 Å². The van der Waals surface area contributed by atoms with Gasteiger partial charge < -0.3 is 10.5 Å². The molecule has 2 N–H and O–H groups in total. The molecule has 1 aromatic carbocycles. The fourth-order valence-corrected chi connectivity index (χ4v) is 4.70. The first-order valence-electron chi connectivity index (χ1n) is 9.60. The number of hydrogen-bond donors (Lipinski definition) is 1. The van der Waals surface area contributed by atoms with Crippen molar-refractivity contribution >= 4 is 16.9 Å². The summed E-state index contributed by atoms with van der Waals surface area (Å²) in [6.45, 7) is 3.91. The maximum absolute atomic E-state index is 9.49. The smallest absolute Gasteiger partial charge is 0.137 e. The predicted molar refractivity (Wildman–Crippen MR) is 114 cm³/mol. The van der Waals surface area contributed by atoms with Gasteiger partial charge in [-0.25, -0.2) is 4.98 Å². The minimum absolute atomic E-state index is 0.0277.